The Balaban J connectivity index is 2.52. The van der Waals surface area contributed by atoms with Gasteiger partial charge in [-0.1, -0.05) is 6.42 Å². The van der Waals surface area contributed by atoms with Crippen LogP contribution in [0.5, 0.6) is 0 Å². The third kappa shape index (κ3) is 3.65. The summed E-state index contributed by atoms with van der Waals surface area (Å²) in [6.45, 7) is 1.41. The van der Waals surface area contributed by atoms with Crippen molar-refractivity contribution in [3.8, 4) is 0 Å². The highest BCUT2D eigenvalue weighted by atomic mass is 32.2. The molecule has 7 heteroatoms. The number of aliphatic carboxylic acids is 1. The van der Waals surface area contributed by atoms with Crippen LogP contribution in [-0.2, 0) is 14.8 Å². The summed E-state index contributed by atoms with van der Waals surface area (Å²) in [7, 11) is -3.81. The molecular formula is C10H19NO5S. The van der Waals surface area contributed by atoms with E-state index in [9.17, 15) is 13.2 Å². The highest BCUT2D eigenvalue weighted by Gasteiger charge is 2.31. The molecule has 0 aromatic carbocycles. The fourth-order valence-corrected chi connectivity index (χ4v) is 3.07. The van der Waals surface area contributed by atoms with Crippen LogP contribution in [0.4, 0.5) is 0 Å². The van der Waals surface area contributed by atoms with E-state index in [-0.39, 0.29) is 25.0 Å². The van der Waals surface area contributed by atoms with E-state index in [1.54, 1.807) is 0 Å². The molecule has 100 valence electrons. The number of carboxylic acids is 1. The normalized spacial score (nSPS) is 26.9. The Morgan fingerprint density at radius 1 is 1.41 bits per heavy atom. The molecule has 17 heavy (non-hydrogen) atoms. The zero-order valence-corrected chi connectivity index (χ0v) is 10.6. The molecule has 1 aliphatic carbocycles. The molecule has 0 amide bonds. The molecule has 1 rings (SSSR count). The third-order valence-corrected chi connectivity index (χ3v) is 5.11. The van der Waals surface area contributed by atoms with Crippen LogP contribution in [0.2, 0.25) is 0 Å². The van der Waals surface area contributed by atoms with Gasteiger partial charge in [0.15, 0.2) is 5.25 Å². The summed E-state index contributed by atoms with van der Waals surface area (Å²) < 4.78 is 25.5. The minimum Gasteiger partial charge on any atom is -0.480 e. The van der Waals surface area contributed by atoms with Crippen LogP contribution in [0.15, 0.2) is 0 Å². The fourth-order valence-electron chi connectivity index (χ4n) is 2.10. The molecule has 1 fully saturated rings. The summed E-state index contributed by atoms with van der Waals surface area (Å²) in [6.07, 6.45) is 2.75. The molecule has 0 aliphatic heterocycles. The lowest BCUT2D eigenvalue weighted by atomic mass is 9.97. The van der Waals surface area contributed by atoms with Crippen LogP contribution in [0.1, 0.15) is 26.2 Å². The average Bonchev–Trinajstić information content (AvgIpc) is 2.72. The van der Waals surface area contributed by atoms with E-state index in [2.05, 4.69) is 4.72 Å². The maximum absolute atomic E-state index is 11.6. The largest absolute Gasteiger partial charge is 0.480 e. The van der Waals surface area contributed by atoms with E-state index in [1.165, 1.54) is 0 Å². The van der Waals surface area contributed by atoms with Crippen LogP contribution in [0.25, 0.3) is 0 Å². The monoisotopic (exact) mass is 265 g/mol. The first kappa shape index (κ1) is 14.4. The number of aliphatic hydroxyl groups is 1. The number of rotatable bonds is 6. The van der Waals surface area contributed by atoms with Crippen LogP contribution in [0.3, 0.4) is 0 Å². The second-order valence-corrected chi connectivity index (χ2v) is 6.59. The fraction of sp³-hybridized carbons (Fsp3) is 0.900. The van der Waals surface area contributed by atoms with Gasteiger partial charge in [0.2, 0.25) is 10.0 Å². The molecule has 0 spiro atoms. The SMILES string of the molecule is CC(C(=O)O)S(=O)(=O)NCC1CCCC1CO. The highest BCUT2D eigenvalue weighted by molar-refractivity contribution is 7.90. The summed E-state index contributed by atoms with van der Waals surface area (Å²) in [4.78, 5) is 10.6. The summed E-state index contributed by atoms with van der Waals surface area (Å²) >= 11 is 0. The lowest BCUT2D eigenvalue weighted by molar-refractivity contribution is -0.136. The minimum atomic E-state index is -3.81. The van der Waals surface area contributed by atoms with Gasteiger partial charge in [-0.25, -0.2) is 13.1 Å². The van der Waals surface area contributed by atoms with Gasteiger partial charge < -0.3 is 10.2 Å². The molecule has 1 aliphatic rings. The molecular weight excluding hydrogens is 246 g/mol. The third-order valence-electron chi connectivity index (χ3n) is 3.41. The summed E-state index contributed by atoms with van der Waals surface area (Å²) in [5, 5.41) is 16.3. The number of hydrogen-bond donors (Lipinski definition) is 3. The quantitative estimate of drug-likeness (QED) is 0.616. The van der Waals surface area contributed by atoms with Gasteiger partial charge in [0.1, 0.15) is 0 Å². The number of carbonyl (C=O) groups is 1. The Bertz CT molecular complexity index is 367. The van der Waals surface area contributed by atoms with Crippen molar-refractivity contribution in [1.82, 2.24) is 4.72 Å². The Hall–Kier alpha value is -0.660. The molecule has 0 radical (unpaired) electrons. The molecule has 3 unspecified atom stereocenters. The molecule has 0 aromatic heterocycles. The molecule has 0 heterocycles. The van der Waals surface area contributed by atoms with Gasteiger partial charge in [0.05, 0.1) is 0 Å². The Morgan fingerprint density at radius 2 is 2.00 bits per heavy atom. The van der Waals surface area contributed by atoms with Gasteiger partial charge in [-0.15, -0.1) is 0 Å². The summed E-state index contributed by atoms with van der Waals surface area (Å²) in [6, 6.07) is 0. The highest BCUT2D eigenvalue weighted by Crippen LogP contribution is 2.30. The molecule has 3 atom stereocenters. The summed E-state index contributed by atoms with van der Waals surface area (Å²) in [5.74, 6) is -1.13. The lowest BCUT2D eigenvalue weighted by Crippen LogP contribution is -2.40. The van der Waals surface area contributed by atoms with E-state index in [4.69, 9.17) is 10.2 Å². The maximum Gasteiger partial charge on any atom is 0.323 e. The number of nitrogens with one attached hydrogen (secondary N) is 1. The molecule has 0 aromatic rings. The van der Waals surface area contributed by atoms with Gasteiger partial charge in [0.25, 0.3) is 0 Å². The summed E-state index contributed by atoms with van der Waals surface area (Å²) in [5.41, 5.74) is 0. The van der Waals surface area contributed by atoms with Gasteiger partial charge in [0, 0.05) is 13.2 Å². The molecule has 0 bridgehead atoms. The van der Waals surface area contributed by atoms with E-state index in [0.717, 1.165) is 26.2 Å². The number of sulfonamides is 1. The first-order chi connectivity index (χ1) is 7.88. The Morgan fingerprint density at radius 3 is 2.53 bits per heavy atom. The van der Waals surface area contributed by atoms with Gasteiger partial charge in [-0.2, -0.15) is 0 Å². The van der Waals surface area contributed by atoms with Gasteiger partial charge >= 0.3 is 5.97 Å². The standard InChI is InChI=1S/C10H19NO5S/c1-7(10(13)14)17(15,16)11-5-8-3-2-4-9(8)6-12/h7-9,11-12H,2-6H2,1H3,(H,13,14). The van der Waals surface area contributed by atoms with E-state index in [0.29, 0.717) is 0 Å². The average molecular weight is 265 g/mol. The van der Waals surface area contributed by atoms with Crippen LogP contribution < -0.4 is 4.72 Å². The minimum absolute atomic E-state index is 0.0564. The Kier molecular flexibility index (Phi) is 4.91. The smallest absolute Gasteiger partial charge is 0.323 e. The first-order valence-electron chi connectivity index (χ1n) is 5.70. The predicted molar refractivity (Wildman–Crippen MR) is 61.9 cm³/mol. The molecule has 0 saturated heterocycles. The van der Waals surface area contributed by atoms with Gasteiger partial charge in [-0.3, -0.25) is 4.79 Å². The predicted octanol–water partition coefficient (Wildman–Crippen LogP) is -0.213. The first-order valence-corrected chi connectivity index (χ1v) is 7.25. The van der Waals surface area contributed by atoms with E-state index < -0.39 is 21.2 Å². The van der Waals surface area contributed by atoms with Crippen molar-refractivity contribution in [2.24, 2.45) is 11.8 Å². The zero-order valence-electron chi connectivity index (χ0n) is 9.80. The maximum atomic E-state index is 11.6. The number of hydrogen-bond acceptors (Lipinski definition) is 4. The van der Waals surface area contributed by atoms with Crippen molar-refractivity contribution in [2.45, 2.75) is 31.4 Å². The van der Waals surface area contributed by atoms with Crippen molar-refractivity contribution in [3.63, 3.8) is 0 Å². The lowest BCUT2D eigenvalue weighted by Gasteiger charge is -2.18. The van der Waals surface area contributed by atoms with Crippen molar-refractivity contribution in [1.29, 1.82) is 0 Å². The van der Waals surface area contributed by atoms with Crippen molar-refractivity contribution in [2.75, 3.05) is 13.2 Å². The van der Waals surface area contributed by atoms with Crippen molar-refractivity contribution in [3.05, 3.63) is 0 Å². The van der Waals surface area contributed by atoms with Crippen molar-refractivity contribution < 1.29 is 23.4 Å². The Labute approximate surface area is 101 Å². The van der Waals surface area contributed by atoms with Crippen LogP contribution >= 0.6 is 0 Å². The molecule has 1 saturated carbocycles. The molecule has 6 nitrogen and oxygen atoms in total. The van der Waals surface area contributed by atoms with Gasteiger partial charge in [-0.05, 0) is 31.6 Å². The van der Waals surface area contributed by atoms with Crippen molar-refractivity contribution >= 4 is 16.0 Å². The number of carboxylic acid groups (broad SMARTS) is 1. The topological polar surface area (TPSA) is 104 Å². The van der Waals surface area contributed by atoms with E-state index in [1.807, 2.05) is 0 Å². The zero-order chi connectivity index (χ0) is 13.1. The van der Waals surface area contributed by atoms with E-state index >= 15 is 0 Å². The second kappa shape index (κ2) is 5.79. The molecule has 3 N–H and O–H groups in total. The second-order valence-electron chi connectivity index (χ2n) is 4.51. The number of aliphatic hydroxyl groups excluding tert-OH is 1. The van der Waals surface area contributed by atoms with Crippen LogP contribution in [-0.4, -0.2) is 43.0 Å². The van der Waals surface area contributed by atoms with Crippen LogP contribution in [0, 0.1) is 11.8 Å².